The zero-order valence-corrected chi connectivity index (χ0v) is 13.7. The number of carbonyl (C=O) groups is 1. The quantitative estimate of drug-likeness (QED) is 0.633. The van der Waals surface area contributed by atoms with E-state index in [1.807, 2.05) is 18.2 Å². The summed E-state index contributed by atoms with van der Waals surface area (Å²) in [6.45, 7) is 0.517. The summed E-state index contributed by atoms with van der Waals surface area (Å²) in [4.78, 5) is 14.2. The van der Waals surface area contributed by atoms with Crippen LogP contribution in [0.15, 0.2) is 34.8 Å². The lowest BCUT2D eigenvalue weighted by Gasteiger charge is -2.30. The lowest BCUT2D eigenvalue weighted by atomic mass is 10.0. The molecule has 0 atom stereocenters. The van der Waals surface area contributed by atoms with Crippen molar-refractivity contribution in [2.75, 3.05) is 11.4 Å². The van der Waals surface area contributed by atoms with Crippen LogP contribution >= 0.6 is 27.5 Å². The number of carbonyl (C=O) groups excluding carboxylic acids is 1. The van der Waals surface area contributed by atoms with Crippen LogP contribution in [0.3, 0.4) is 0 Å². The maximum atomic E-state index is 13.4. The van der Waals surface area contributed by atoms with Crippen LogP contribution in [0.5, 0.6) is 0 Å². The largest absolute Gasteiger partial charge is 0.308 e. The van der Waals surface area contributed by atoms with E-state index in [2.05, 4.69) is 15.9 Å². The third kappa shape index (κ3) is 2.75. The molecular weight excluding hydrogens is 376 g/mol. The second-order valence-electron chi connectivity index (χ2n) is 5.08. The smallest absolute Gasteiger partial charge is 0.259 e. The van der Waals surface area contributed by atoms with Gasteiger partial charge in [-0.3, -0.25) is 4.79 Å². The van der Waals surface area contributed by atoms with E-state index in [4.69, 9.17) is 11.6 Å². The van der Waals surface area contributed by atoms with Gasteiger partial charge in [0, 0.05) is 16.7 Å². The molecule has 1 aliphatic heterocycles. The Morgan fingerprint density at radius 2 is 1.91 bits per heavy atom. The zero-order valence-electron chi connectivity index (χ0n) is 11.4. The Morgan fingerprint density at radius 3 is 2.68 bits per heavy atom. The molecule has 0 spiro atoms. The van der Waals surface area contributed by atoms with E-state index in [9.17, 15) is 13.6 Å². The first kappa shape index (κ1) is 15.4. The number of nitrogens with zero attached hydrogens (tertiary/aromatic N) is 1. The van der Waals surface area contributed by atoms with Crippen molar-refractivity contribution in [2.24, 2.45) is 0 Å². The summed E-state index contributed by atoms with van der Waals surface area (Å²) in [6, 6.07) is 7.33. The third-order valence-corrected chi connectivity index (χ3v) is 4.45. The minimum Gasteiger partial charge on any atom is -0.308 e. The van der Waals surface area contributed by atoms with Gasteiger partial charge < -0.3 is 4.90 Å². The van der Waals surface area contributed by atoms with Crippen molar-refractivity contribution in [3.63, 3.8) is 0 Å². The molecule has 0 saturated heterocycles. The highest BCUT2D eigenvalue weighted by molar-refractivity contribution is 9.10. The maximum absolute atomic E-state index is 13.4. The van der Waals surface area contributed by atoms with E-state index in [1.165, 1.54) is 0 Å². The lowest BCUT2D eigenvalue weighted by molar-refractivity contribution is 0.0984. The number of aryl methyl sites for hydroxylation is 1. The summed E-state index contributed by atoms with van der Waals surface area (Å²) in [5.74, 6) is -2.57. The summed E-state index contributed by atoms with van der Waals surface area (Å²) in [7, 11) is 0. The highest BCUT2D eigenvalue weighted by atomic mass is 79.9. The molecule has 1 heterocycles. The fourth-order valence-corrected chi connectivity index (χ4v) is 3.25. The van der Waals surface area contributed by atoms with Crippen LogP contribution in [0, 0.1) is 11.6 Å². The standard InChI is InChI=1S/C16H11BrClF2NO/c17-10-3-4-15-9(6-10)2-1-5-21(15)16(22)11-7-13(19)14(20)8-12(11)18/h3-4,6-8H,1-2,5H2. The summed E-state index contributed by atoms with van der Waals surface area (Å²) in [5.41, 5.74) is 1.78. The predicted octanol–water partition coefficient (Wildman–Crippen LogP) is 4.97. The Labute approximate surface area is 139 Å². The Kier molecular flexibility index (Phi) is 4.19. The third-order valence-electron chi connectivity index (χ3n) is 3.65. The first-order chi connectivity index (χ1) is 10.5. The normalized spacial score (nSPS) is 13.9. The van der Waals surface area contributed by atoms with Gasteiger partial charge in [0.1, 0.15) is 0 Å². The van der Waals surface area contributed by atoms with Gasteiger partial charge in [0.15, 0.2) is 11.6 Å². The minimum atomic E-state index is -1.08. The van der Waals surface area contributed by atoms with Gasteiger partial charge in [0.2, 0.25) is 0 Å². The number of halogens is 4. The average molecular weight is 387 g/mol. The molecule has 0 aromatic heterocycles. The van der Waals surface area contributed by atoms with Gasteiger partial charge in [-0.05, 0) is 48.7 Å². The Balaban J connectivity index is 2.03. The van der Waals surface area contributed by atoms with Crippen LogP contribution in [0.25, 0.3) is 0 Å². The van der Waals surface area contributed by atoms with Crippen molar-refractivity contribution in [3.05, 3.63) is 62.6 Å². The van der Waals surface area contributed by atoms with Gasteiger partial charge in [0.25, 0.3) is 5.91 Å². The molecule has 3 rings (SSSR count). The van der Waals surface area contributed by atoms with E-state index in [0.29, 0.717) is 6.54 Å². The molecule has 0 saturated carbocycles. The fourth-order valence-electron chi connectivity index (χ4n) is 2.61. The number of hydrogen-bond acceptors (Lipinski definition) is 1. The number of benzene rings is 2. The second kappa shape index (κ2) is 5.97. The summed E-state index contributed by atoms with van der Waals surface area (Å²) >= 11 is 9.31. The molecule has 0 radical (unpaired) electrons. The van der Waals surface area contributed by atoms with E-state index in [1.54, 1.807) is 4.90 Å². The Bertz CT molecular complexity index is 766. The van der Waals surface area contributed by atoms with E-state index < -0.39 is 17.5 Å². The molecule has 114 valence electrons. The van der Waals surface area contributed by atoms with Crippen molar-refractivity contribution in [2.45, 2.75) is 12.8 Å². The first-order valence-electron chi connectivity index (χ1n) is 6.72. The van der Waals surface area contributed by atoms with E-state index in [-0.39, 0.29) is 10.6 Å². The van der Waals surface area contributed by atoms with Gasteiger partial charge >= 0.3 is 0 Å². The first-order valence-corrected chi connectivity index (χ1v) is 7.89. The summed E-state index contributed by atoms with van der Waals surface area (Å²) < 4.78 is 27.5. The van der Waals surface area contributed by atoms with Gasteiger partial charge in [-0.15, -0.1) is 0 Å². The van der Waals surface area contributed by atoms with Crippen LogP contribution < -0.4 is 4.90 Å². The highest BCUT2D eigenvalue weighted by Crippen LogP contribution is 2.32. The maximum Gasteiger partial charge on any atom is 0.259 e. The van der Waals surface area contributed by atoms with E-state index >= 15 is 0 Å². The molecule has 0 unspecified atom stereocenters. The van der Waals surface area contributed by atoms with Crippen molar-refractivity contribution >= 4 is 39.1 Å². The molecule has 0 N–H and O–H groups in total. The van der Waals surface area contributed by atoms with Crippen LogP contribution in [0.2, 0.25) is 5.02 Å². The molecular formula is C16H11BrClF2NO. The van der Waals surface area contributed by atoms with Crippen molar-refractivity contribution in [3.8, 4) is 0 Å². The molecule has 1 aliphatic rings. The summed E-state index contributed by atoms with van der Waals surface area (Å²) in [5, 5.41) is -0.0897. The number of amides is 1. The molecule has 0 fully saturated rings. The molecule has 1 amide bonds. The molecule has 2 aromatic carbocycles. The van der Waals surface area contributed by atoms with Crippen LogP contribution in [0.1, 0.15) is 22.3 Å². The fraction of sp³-hybridized carbons (Fsp3) is 0.188. The lowest BCUT2D eigenvalue weighted by Crippen LogP contribution is -2.35. The SMILES string of the molecule is O=C(c1cc(F)c(F)cc1Cl)N1CCCc2cc(Br)ccc21. The average Bonchev–Trinajstić information content (AvgIpc) is 2.49. The van der Waals surface area contributed by atoms with E-state index in [0.717, 1.165) is 40.7 Å². The molecule has 2 nitrogen and oxygen atoms in total. The molecule has 0 aliphatic carbocycles. The van der Waals surface area contributed by atoms with Crippen LogP contribution in [0.4, 0.5) is 14.5 Å². The molecule has 6 heteroatoms. The van der Waals surface area contributed by atoms with Gasteiger partial charge in [0.05, 0.1) is 10.6 Å². The van der Waals surface area contributed by atoms with Gasteiger partial charge in [-0.1, -0.05) is 27.5 Å². The number of anilines is 1. The Morgan fingerprint density at radius 1 is 1.18 bits per heavy atom. The number of fused-ring (bicyclic) bond motifs is 1. The molecule has 2 aromatic rings. The van der Waals surface area contributed by atoms with Crippen molar-refractivity contribution < 1.29 is 13.6 Å². The van der Waals surface area contributed by atoms with Gasteiger partial charge in [-0.2, -0.15) is 0 Å². The summed E-state index contributed by atoms with van der Waals surface area (Å²) in [6.07, 6.45) is 1.67. The van der Waals surface area contributed by atoms with Crippen LogP contribution in [-0.4, -0.2) is 12.5 Å². The topological polar surface area (TPSA) is 20.3 Å². The molecule has 22 heavy (non-hydrogen) atoms. The van der Waals surface area contributed by atoms with Gasteiger partial charge in [-0.25, -0.2) is 8.78 Å². The highest BCUT2D eigenvalue weighted by Gasteiger charge is 2.26. The second-order valence-corrected chi connectivity index (χ2v) is 6.40. The monoisotopic (exact) mass is 385 g/mol. The minimum absolute atomic E-state index is 0.0312. The van der Waals surface area contributed by atoms with Crippen molar-refractivity contribution in [1.82, 2.24) is 0 Å². The van der Waals surface area contributed by atoms with Crippen molar-refractivity contribution in [1.29, 1.82) is 0 Å². The van der Waals surface area contributed by atoms with Crippen LogP contribution in [-0.2, 0) is 6.42 Å². The molecule has 0 bridgehead atoms. The number of hydrogen-bond donors (Lipinski definition) is 0. The Hall–Kier alpha value is -1.46. The number of rotatable bonds is 1. The zero-order chi connectivity index (χ0) is 15.9. The predicted molar refractivity (Wildman–Crippen MR) is 85.5 cm³/mol.